The van der Waals surface area contributed by atoms with Crippen LogP contribution < -0.4 is 10.1 Å². The van der Waals surface area contributed by atoms with Crippen molar-refractivity contribution in [1.29, 1.82) is 0 Å². The highest BCUT2D eigenvalue weighted by molar-refractivity contribution is 5.90. The van der Waals surface area contributed by atoms with Gasteiger partial charge in [-0.2, -0.15) is 5.10 Å². The normalized spacial score (nSPS) is 10.9. The number of benzene rings is 1. The highest BCUT2D eigenvalue weighted by Crippen LogP contribution is 2.26. The topological polar surface area (TPSA) is 64.9 Å². The van der Waals surface area contributed by atoms with Crippen molar-refractivity contribution in [2.75, 3.05) is 11.9 Å². The van der Waals surface area contributed by atoms with E-state index in [2.05, 4.69) is 27.3 Å². The maximum absolute atomic E-state index is 5.59. The fraction of sp³-hybridized carbons (Fsp3) is 0.312. The highest BCUT2D eigenvalue weighted by atomic mass is 16.5. The SMILES string of the molecule is CCCOc1ccc(Nc2ncnc3c2c(C)nn3C)cc1. The number of ether oxygens (including phenoxy) is 1. The standard InChI is InChI=1S/C16H19N5O/c1-4-9-22-13-7-5-12(6-8-13)19-15-14-11(2)20-21(3)16(14)18-10-17-15/h5-8,10H,4,9H2,1-3H3,(H,17,18,19). The molecule has 0 unspecified atom stereocenters. The molecule has 3 rings (SSSR count). The molecule has 1 N–H and O–H groups in total. The maximum atomic E-state index is 5.59. The summed E-state index contributed by atoms with van der Waals surface area (Å²) < 4.78 is 7.35. The summed E-state index contributed by atoms with van der Waals surface area (Å²) in [6, 6.07) is 7.86. The van der Waals surface area contributed by atoms with E-state index in [9.17, 15) is 0 Å². The quantitative estimate of drug-likeness (QED) is 0.783. The zero-order chi connectivity index (χ0) is 15.5. The third kappa shape index (κ3) is 2.72. The van der Waals surface area contributed by atoms with E-state index in [1.807, 2.05) is 38.2 Å². The van der Waals surface area contributed by atoms with Crippen LogP contribution in [-0.4, -0.2) is 26.4 Å². The summed E-state index contributed by atoms with van der Waals surface area (Å²) in [7, 11) is 1.88. The number of aromatic nitrogens is 4. The minimum atomic E-state index is 0.730. The average Bonchev–Trinajstić information content (AvgIpc) is 2.82. The zero-order valence-electron chi connectivity index (χ0n) is 13.0. The zero-order valence-corrected chi connectivity index (χ0v) is 13.0. The van der Waals surface area contributed by atoms with Crippen molar-refractivity contribution in [3.05, 3.63) is 36.3 Å². The molecule has 114 valence electrons. The van der Waals surface area contributed by atoms with E-state index < -0.39 is 0 Å². The summed E-state index contributed by atoms with van der Waals surface area (Å²) in [6.07, 6.45) is 2.55. The van der Waals surface area contributed by atoms with Crippen LogP contribution in [0.4, 0.5) is 11.5 Å². The Hall–Kier alpha value is -2.63. The number of fused-ring (bicyclic) bond motifs is 1. The lowest BCUT2D eigenvalue weighted by Gasteiger charge is -2.08. The van der Waals surface area contributed by atoms with Crippen LogP contribution in [0.2, 0.25) is 0 Å². The van der Waals surface area contributed by atoms with Crippen molar-refractivity contribution in [3.63, 3.8) is 0 Å². The Bertz CT molecular complexity index is 779. The molecule has 0 saturated heterocycles. The van der Waals surface area contributed by atoms with Crippen molar-refractivity contribution in [2.45, 2.75) is 20.3 Å². The summed E-state index contributed by atoms with van der Waals surface area (Å²) in [5, 5.41) is 8.66. The molecule has 22 heavy (non-hydrogen) atoms. The van der Waals surface area contributed by atoms with E-state index >= 15 is 0 Å². The van der Waals surface area contributed by atoms with Gasteiger partial charge < -0.3 is 10.1 Å². The van der Waals surface area contributed by atoms with Crippen molar-refractivity contribution < 1.29 is 4.74 Å². The van der Waals surface area contributed by atoms with Crippen LogP contribution in [0, 0.1) is 6.92 Å². The lowest BCUT2D eigenvalue weighted by atomic mass is 10.2. The number of nitrogens with one attached hydrogen (secondary N) is 1. The Kier molecular flexibility index (Phi) is 3.91. The molecule has 3 aromatic rings. The predicted molar refractivity (Wildman–Crippen MR) is 86.6 cm³/mol. The van der Waals surface area contributed by atoms with Crippen LogP contribution in [0.5, 0.6) is 5.75 Å². The molecule has 2 heterocycles. The molecule has 1 aromatic carbocycles. The minimum absolute atomic E-state index is 0.730. The molecule has 6 nitrogen and oxygen atoms in total. The average molecular weight is 297 g/mol. The smallest absolute Gasteiger partial charge is 0.163 e. The first-order valence-corrected chi connectivity index (χ1v) is 7.33. The van der Waals surface area contributed by atoms with Gasteiger partial charge in [-0.1, -0.05) is 6.92 Å². The summed E-state index contributed by atoms with van der Waals surface area (Å²) >= 11 is 0. The lowest BCUT2D eigenvalue weighted by Crippen LogP contribution is -1.98. The first-order chi connectivity index (χ1) is 10.7. The largest absolute Gasteiger partial charge is 0.494 e. The molecule has 0 atom stereocenters. The van der Waals surface area contributed by atoms with E-state index in [-0.39, 0.29) is 0 Å². The van der Waals surface area contributed by atoms with Gasteiger partial charge in [-0.25, -0.2) is 9.97 Å². The summed E-state index contributed by atoms with van der Waals surface area (Å²) in [5.74, 6) is 1.63. The van der Waals surface area contributed by atoms with Gasteiger partial charge in [0.2, 0.25) is 0 Å². The van der Waals surface area contributed by atoms with E-state index in [4.69, 9.17) is 4.74 Å². The van der Waals surface area contributed by atoms with E-state index in [0.29, 0.717) is 0 Å². The number of rotatable bonds is 5. The molecule has 0 aliphatic heterocycles. The summed E-state index contributed by atoms with van der Waals surface area (Å²) in [5.41, 5.74) is 2.67. The fourth-order valence-corrected chi connectivity index (χ4v) is 2.36. The number of hydrogen-bond donors (Lipinski definition) is 1. The molecule has 0 bridgehead atoms. The van der Waals surface area contributed by atoms with Gasteiger partial charge in [-0.3, -0.25) is 4.68 Å². The molecule has 2 aromatic heterocycles. The summed E-state index contributed by atoms with van der Waals surface area (Å²) in [6.45, 7) is 4.78. The predicted octanol–water partition coefficient (Wildman–Crippen LogP) is 3.20. The Morgan fingerprint density at radius 1 is 1.18 bits per heavy atom. The van der Waals surface area contributed by atoms with Gasteiger partial charge >= 0.3 is 0 Å². The van der Waals surface area contributed by atoms with Crippen LogP contribution in [0.1, 0.15) is 19.0 Å². The molecule has 0 radical (unpaired) electrons. The van der Waals surface area contributed by atoms with Crippen LogP contribution in [0.3, 0.4) is 0 Å². The first kappa shape index (κ1) is 14.3. The monoisotopic (exact) mass is 297 g/mol. The van der Waals surface area contributed by atoms with Crippen LogP contribution in [0.15, 0.2) is 30.6 Å². The number of nitrogens with zero attached hydrogens (tertiary/aromatic N) is 4. The number of hydrogen-bond acceptors (Lipinski definition) is 5. The minimum Gasteiger partial charge on any atom is -0.494 e. The molecule has 0 saturated carbocycles. The van der Waals surface area contributed by atoms with Gasteiger partial charge in [0, 0.05) is 12.7 Å². The maximum Gasteiger partial charge on any atom is 0.163 e. The van der Waals surface area contributed by atoms with Gasteiger partial charge in [0.15, 0.2) is 5.65 Å². The number of aryl methyl sites for hydroxylation is 2. The van der Waals surface area contributed by atoms with E-state index in [0.717, 1.165) is 47.0 Å². The molecule has 0 spiro atoms. The Morgan fingerprint density at radius 2 is 1.95 bits per heavy atom. The van der Waals surface area contributed by atoms with Crippen LogP contribution in [0.25, 0.3) is 11.0 Å². The number of anilines is 2. The van der Waals surface area contributed by atoms with Gasteiger partial charge in [-0.15, -0.1) is 0 Å². The van der Waals surface area contributed by atoms with Gasteiger partial charge in [0.1, 0.15) is 17.9 Å². The third-order valence-electron chi connectivity index (χ3n) is 3.39. The third-order valence-corrected chi connectivity index (χ3v) is 3.39. The fourth-order valence-electron chi connectivity index (χ4n) is 2.36. The highest BCUT2D eigenvalue weighted by Gasteiger charge is 2.12. The van der Waals surface area contributed by atoms with Crippen LogP contribution in [-0.2, 0) is 7.05 Å². The Labute approximate surface area is 129 Å². The van der Waals surface area contributed by atoms with Gasteiger partial charge in [0.25, 0.3) is 0 Å². The van der Waals surface area contributed by atoms with Gasteiger partial charge in [-0.05, 0) is 37.6 Å². The van der Waals surface area contributed by atoms with Crippen molar-refractivity contribution in [3.8, 4) is 5.75 Å². The van der Waals surface area contributed by atoms with Crippen molar-refractivity contribution in [1.82, 2.24) is 19.7 Å². The van der Waals surface area contributed by atoms with Crippen molar-refractivity contribution >= 4 is 22.5 Å². The molecule has 0 aliphatic carbocycles. The lowest BCUT2D eigenvalue weighted by molar-refractivity contribution is 0.317. The molecule has 0 aliphatic rings. The Morgan fingerprint density at radius 3 is 2.68 bits per heavy atom. The van der Waals surface area contributed by atoms with Crippen LogP contribution >= 0.6 is 0 Å². The van der Waals surface area contributed by atoms with E-state index in [1.165, 1.54) is 0 Å². The van der Waals surface area contributed by atoms with Gasteiger partial charge in [0.05, 0.1) is 17.7 Å². The van der Waals surface area contributed by atoms with E-state index in [1.54, 1.807) is 11.0 Å². The first-order valence-electron chi connectivity index (χ1n) is 7.33. The second kappa shape index (κ2) is 6.01. The molecular formula is C16H19N5O. The molecular weight excluding hydrogens is 278 g/mol. The Balaban J connectivity index is 1.87. The van der Waals surface area contributed by atoms with Crippen molar-refractivity contribution in [2.24, 2.45) is 7.05 Å². The summed E-state index contributed by atoms with van der Waals surface area (Å²) in [4.78, 5) is 8.62. The second-order valence-corrected chi connectivity index (χ2v) is 5.13. The second-order valence-electron chi connectivity index (χ2n) is 5.13. The molecule has 0 fully saturated rings. The molecule has 6 heteroatoms. The molecule has 0 amide bonds.